The number of rotatable bonds is 8. The Morgan fingerprint density at radius 2 is 1.60 bits per heavy atom. The molecule has 0 atom stereocenters. The maximum absolute atomic E-state index is 14.5. The van der Waals surface area contributed by atoms with Crippen molar-refractivity contribution < 1.29 is 23.7 Å². The summed E-state index contributed by atoms with van der Waals surface area (Å²) in [6, 6.07) is 14.9. The second-order valence-corrected chi connectivity index (χ2v) is 7.04. The summed E-state index contributed by atoms with van der Waals surface area (Å²) < 4.78 is 30.7. The van der Waals surface area contributed by atoms with E-state index < -0.39 is 5.82 Å². The quantitative estimate of drug-likeness (QED) is 0.516. The molecule has 0 aliphatic rings. The van der Waals surface area contributed by atoms with Gasteiger partial charge in [-0.05, 0) is 42.0 Å². The normalized spacial score (nSPS) is 10.6. The van der Waals surface area contributed by atoms with E-state index in [-0.39, 0.29) is 12.3 Å². The third-order valence-electron chi connectivity index (χ3n) is 4.70. The van der Waals surface area contributed by atoms with Gasteiger partial charge in [0.05, 0.1) is 27.0 Å². The van der Waals surface area contributed by atoms with Crippen LogP contribution >= 0.6 is 11.6 Å². The number of phenols is 1. The number of benzene rings is 3. The minimum Gasteiger partial charge on any atom is -0.508 e. The molecule has 1 N–H and O–H groups in total. The lowest BCUT2D eigenvalue weighted by Crippen LogP contribution is -2.23. The minimum absolute atomic E-state index is 0.0718. The molecule has 3 rings (SSSR count). The molecule has 0 unspecified atom stereocenters. The van der Waals surface area contributed by atoms with Crippen LogP contribution in [0.3, 0.4) is 0 Å². The number of halogens is 2. The number of hydrogen-bond acceptors (Lipinski definition) is 5. The molecule has 0 amide bonds. The van der Waals surface area contributed by atoms with Crippen LogP contribution in [0.5, 0.6) is 23.0 Å². The van der Waals surface area contributed by atoms with Gasteiger partial charge in [-0.15, -0.1) is 0 Å². The van der Waals surface area contributed by atoms with Gasteiger partial charge in [0, 0.05) is 35.8 Å². The molecule has 0 aliphatic heterocycles. The number of ether oxygens (including phenoxy) is 3. The van der Waals surface area contributed by atoms with E-state index in [1.165, 1.54) is 19.2 Å². The Morgan fingerprint density at radius 3 is 2.20 bits per heavy atom. The Balaban J connectivity index is 2.06. The van der Waals surface area contributed by atoms with Crippen molar-refractivity contribution in [2.45, 2.75) is 13.1 Å². The molecule has 0 aromatic heterocycles. The van der Waals surface area contributed by atoms with Crippen molar-refractivity contribution in [3.63, 3.8) is 0 Å². The highest BCUT2D eigenvalue weighted by Crippen LogP contribution is 2.35. The molecule has 0 saturated carbocycles. The molecule has 5 nitrogen and oxygen atoms in total. The summed E-state index contributed by atoms with van der Waals surface area (Å²) in [4.78, 5) is 1.91. The number of aromatic hydroxyl groups is 1. The highest BCUT2D eigenvalue weighted by Gasteiger charge is 2.18. The van der Waals surface area contributed by atoms with E-state index in [9.17, 15) is 9.50 Å². The van der Waals surface area contributed by atoms with Crippen LogP contribution in [0.25, 0.3) is 0 Å². The van der Waals surface area contributed by atoms with Crippen LogP contribution in [0.4, 0.5) is 10.1 Å². The molecule has 30 heavy (non-hydrogen) atoms. The van der Waals surface area contributed by atoms with Gasteiger partial charge < -0.3 is 24.2 Å². The number of nitrogens with zero attached hydrogens (tertiary/aromatic N) is 1. The van der Waals surface area contributed by atoms with Crippen LogP contribution in [-0.2, 0) is 13.1 Å². The molecule has 0 saturated heterocycles. The second kappa shape index (κ2) is 9.59. The van der Waals surface area contributed by atoms with E-state index in [1.807, 2.05) is 17.0 Å². The lowest BCUT2D eigenvalue weighted by atomic mass is 10.1. The van der Waals surface area contributed by atoms with Crippen LogP contribution in [0.1, 0.15) is 11.1 Å². The fourth-order valence-corrected chi connectivity index (χ4v) is 3.43. The van der Waals surface area contributed by atoms with Gasteiger partial charge in [0.1, 0.15) is 28.8 Å². The van der Waals surface area contributed by atoms with Crippen LogP contribution in [-0.4, -0.2) is 26.4 Å². The molecule has 0 heterocycles. The second-order valence-electron chi connectivity index (χ2n) is 6.63. The first-order valence-corrected chi connectivity index (χ1v) is 9.59. The van der Waals surface area contributed by atoms with Gasteiger partial charge in [0.25, 0.3) is 0 Å². The molecule has 0 fully saturated rings. The van der Waals surface area contributed by atoms with Crippen LogP contribution < -0.4 is 19.1 Å². The van der Waals surface area contributed by atoms with Crippen molar-refractivity contribution in [2.24, 2.45) is 0 Å². The van der Waals surface area contributed by atoms with E-state index in [2.05, 4.69) is 0 Å². The number of phenolic OH excluding ortho intramolecular Hbond substituents is 1. The first-order chi connectivity index (χ1) is 14.4. The number of methoxy groups -OCH3 is 3. The third-order valence-corrected chi connectivity index (χ3v) is 5.05. The lowest BCUT2D eigenvalue weighted by molar-refractivity contribution is 0.393. The van der Waals surface area contributed by atoms with E-state index in [4.69, 9.17) is 25.8 Å². The summed E-state index contributed by atoms with van der Waals surface area (Å²) in [6.07, 6.45) is 0. The number of anilines is 1. The highest BCUT2D eigenvalue weighted by molar-refractivity contribution is 6.31. The predicted octanol–water partition coefficient (Wildman–Crippen LogP) is 5.42. The molecule has 3 aromatic rings. The Hall–Kier alpha value is -3.12. The largest absolute Gasteiger partial charge is 0.508 e. The molecule has 7 heteroatoms. The summed E-state index contributed by atoms with van der Waals surface area (Å²) in [7, 11) is 4.68. The average Bonchev–Trinajstić information content (AvgIpc) is 2.75. The molecule has 3 aromatic carbocycles. The SMILES string of the molecule is COc1cc(CN(Cc2c(F)cccc2Cl)c2ccc(O)cc2OC)cc(OC)c1. The maximum Gasteiger partial charge on any atom is 0.145 e. The monoisotopic (exact) mass is 431 g/mol. The van der Waals surface area contributed by atoms with Crippen molar-refractivity contribution in [2.75, 3.05) is 26.2 Å². The van der Waals surface area contributed by atoms with Crippen molar-refractivity contribution in [3.05, 3.63) is 76.6 Å². The topological polar surface area (TPSA) is 51.2 Å². The van der Waals surface area contributed by atoms with Crippen LogP contribution in [0.2, 0.25) is 5.02 Å². The van der Waals surface area contributed by atoms with Crippen LogP contribution in [0.15, 0.2) is 54.6 Å². The highest BCUT2D eigenvalue weighted by atomic mass is 35.5. The van der Waals surface area contributed by atoms with Gasteiger partial charge in [0.15, 0.2) is 0 Å². The lowest BCUT2D eigenvalue weighted by Gasteiger charge is -2.28. The van der Waals surface area contributed by atoms with Crippen LogP contribution in [0, 0.1) is 5.82 Å². The zero-order valence-electron chi connectivity index (χ0n) is 17.0. The van der Waals surface area contributed by atoms with E-state index in [1.54, 1.807) is 44.6 Å². The maximum atomic E-state index is 14.5. The van der Waals surface area contributed by atoms with Crippen molar-refractivity contribution in [1.29, 1.82) is 0 Å². The van der Waals surface area contributed by atoms with Crippen molar-refractivity contribution >= 4 is 17.3 Å². The van der Waals surface area contributed by atoms with Crippen molar-refractivity contribution in [3.8, 4) is 23.0 Å². The number of hydrogen-bond donors (Lipinski definition) is 1. The Bertz CT molecular complexity index is 986. The molecular formula is C23H23ClFNO4. The predicted molar refractivity (Wildman–Crippen MR) is 116 cm³/mol. The Kier molecular flexibility index (Phi) is 6.90. The fraction of sp³-hybridized carbons (Fsp3) is 0.217. The molecule has 0 radical (unpaired) electrons. The summed E-state index contributed by atoms with van der Waals surface area (Å²) in [5.41, 5.74) is 1.93. The van der Waals surface area contributed by atoms with Gasteiger partial charge in [-0.25, -0.2) is 4.39 Å². The average molecular weight is 432 g/mol. The minimum atomic E-state index is -0.395. The van der Waals surface area contributed by atoms with E-state index >= 15 is 0 Å². The summed E-state index contributed by atoms with van der Waals surface area (Å²) >= 11 is 6.28. The first-order valence-electron chi connectivity index (χ1n) is 9.22. The third kappa shape index (κ3) is 4.89. The van der Waals surface area contributed by atoms with E-state index in [0.29, 0.717) is 40.1 Å². The zero-order valence-corrected chi connectivity index (χ0v) is 17.7. The van der Waals surface area contributed by atoms with Gasteiger partial charge in [0.2, 0.25) is 0 Å². The zero-order chi connectivity index (χ0) is 21.7. The fourth-order valence-electron chi connectivity index (χ4n) is 3.21. The van der Waals surface area contributed by atoms with Crippen molar-refractivity contribution in [1.82, 2.24) is 0 Å². The first kappa shape index (κ1) is 21.6. The van der Waals surface area contributed by atoms with Gasteiger partial charge in [-0.1, -0.05) is 17.7 Å². The Morgan fingerprint density at radius 1 is 0.900 bits per heavy atom. The molecule has 158 valence electrons. The van der Waals surface area contributed by atoms with E-state index in [0.717, 1.165) is 5.56 Å². The smallest absolute Gasteiger partial charge is 0.145 e. The molecule has 0 bridgehead atoms. The molecule has 0 aliphatic carbocycles. The standard InChI is InChI=1S/C23H23ClFNO4/c1-28-17-9-15(10-18(12-17)29-2)13-26(14-19-20(24)5-4-6-21(19)25)22-8-7-16(27)11-23(22)30-3/h4-12,27H,13-14H2,1-3H3. The summed E-state index contributed by atoms with van der Waals surface area (Å²) in [5.74, 6) is 1.42. The van der Waals surface area contributed by atoms with Gasteiger partial charge in [-0.3, -0.25) is 0 Å². The van der Waals surface area contributed by atoms with Gasteiger partial charge in [-0.2, -0.15) is 0 Å². The molecule has 0 spiro atoms. The summed E-state index contributed by atoms with van der Waals surface area (Å²) in [6.45, 7) is 0.575. The summed E-state index contributed by atoms with van der Waals surface area (Å²) in [5, 5.41) is 10.2. The molecular weight excluding hydrogens is 409 g/mol. The van der Waals surface area contributed by atoms with Gasteiger partial charge >= 0.3 is 0 Å². The Labute approximate surface area is 180 Å².